The van der Waals surface area contributed by atoms with Crippen LogP contribution < -0.4 is 15.2 Å². The SMILES string of the molecule is Cc1ccc(CC(=O)Nc2ccc(S(N)(=O)=O)cc2Cl)c(F)c1Oc1cc(Cl)cc(C#N)c1. The van der Waals surface area contributed by atoms with Crippen LogP contribution in [0.2, 0.25) is 10.0 Å². The van der Waals surface area contributed by atoms with Crippen LogP contribution in [0.5, 0.6) is 11.5 Å². The summed E-state index contributed by atoms with van der Waals surface area (Å²) in [5, 5.41) is 16.8. The standard InChI is InChI=1S/C22H16Cl2FN3O4S/c1-12-2-3-14(21(25)22(12)32-16-7-13(11-26)6-15(23)9-16)8-20(29)28-19-5-4-17(10-18(19)24)33(27,30)31/h2-7,9-10H,8H2,1H3,(H,28,29)(H2,27,30,31). The molecule has 1 amide bonds. The molecule has 0 saturated heterocycles. The first kappa shape index (κ1) is 24.5. The summed E-state index contributed by atoms with van der Waals surface area (Å²) in [4.78, 5) is 12.3. The van der Waals surface area contributed by atoms with Crippen molar-refractivity contribution in [2.45, 2.75) is 18.2 Å². The number of hydrogen-bond acceptors (Lipinski definition) is 5. The molecule has 0 aromatic heterocycles. The summed E-state index contributed by atoms with van der Waals surface area (Å²) in [6, 6.07) is 12.8. The van der Waals surface area contributed by atoms with Crippen LogP contribution in [0, 0.1) is 24.1 Å². The molecule has 3 rings (SSSR count). The van der Waals surface area contributed by atoms with Gasteiger partial charge in [0.25, 0.3) is 0 Å². The molecular weight excluding hydrogens is 492 g/mol. The van der Waals surface area contributed by atoms with Gasteiger partial charge in [0.15, 0.2) is 11.6 Å². The van der Waals surface area contributed by atoms with Crippen molar-refractivity contribution in [2.75, 3.05) is 5.32 Å². The Morgan fingerprint density at radius 2 is 1.91 bits per heavy atom. The van der Waals surface area contributed by atoms with Gasteiger partial charge in [-0.3, -0.25) is 4.79 Å². The Morgan fingerprint density at radius 1 is 1.18 bits per heavy atom. The minimum absolute atomic E-state index is 0.0440. The fourth-order valence-electron chi connectivity index (χ4n) is 2.90. The molecule has 3 aromatic carbocycles. The summed E-state index contributed by atoms with van der Waals surface area (Å²) in [5.74, 6) is -1.28. The number of carbonyl (C=O) groups excluding carboxylic acids is 1. The molecule has 0 saturated carbocycles. The summed E-state index contributed by atoms with van der Waals surface area (Å²) in [6.07, 6.45) is -0.352. The Bertz CT molecular complexity index is 1410. The molecule has 0 unspecified atom stereocenters. The fraction of sp³-hybridized carbons (Fsp3) is 0.0909. The number of aryl methyl sites for hydroxylation is 1. The topological polar surface area (TPSA) is 122 Å². The summed E-state index contributed by atoms with van der Waals surface area (Å²) in [7, 11) is -3.95. The first-order valence-electron chi connectivity index (χ1n) is 9.26. The predicted octanol–water partition coefficient (Wildman–Crippen LogP) is 4.93. The van der Waals surface area contributed by atoms with Gasteiger partial charge in [-0.2, -0.15) is 5.26 Å². The van der Waals surface area contributed by atoms with Gasteiger partial charge < -0.3 is 10.1 Å². The zero-order valence-corrected chi connectivity index (χ0v) is 19.4. The van der Waals surface area contributed by atoms with Gasteiger partial charge >= 0.3 is 0 Å². The van der Waals surface area contributed by atoms with E-state index in [0.29, 0.717) is 5.56 Å². The molecule has 0 atom stereocenters. The van der Waals surface area contributed by atoms with Crippen molar-refractivity contribution in [2.24, 2.45) is 5.14 Å². The lowest BCUT2D eigenvalue weighted by Crippen LogP contribution is -2.16. The molecule has 0 aliphatic rings. The van der Waals surface area contributed by atoms with Crippen LogP contribution in [0.3, 0.4) is 0 Å². The number of amides is 1. The van der Waals surface area contributed by atoms with Crippen molar-refractivity contribution in [3.63, 3.8) is 0 Å². The number of nitrogens with two attached hydrogens (primary N) is 1. The van der Waals surface area contributed by atoms with Crippen LogP contribution in [0.4, 0.5) is 10.1 Å². The highest BCUT2D eigenvalue weighted by Crippen LogP contribution is 2.32. The number of hydrogen-bond donors (Lipinski definition) is 2. The Balaban J connectivity index is 1.82. The van der Waals surface area contributed by atoms with Gasteiger partial charge in [-0.1, -0.05) is 35.3 Å². The van der Waals surface area contributed by atoms with E-state index in [9.17, 15) is 13.2 Å². The van der Waals surface area contributed by atoms with E-state index in [4.69, 9.17) is 38.3 Å². The van der Waals surface area contributed by atoms with Gasteiger partial charge in [-0.05, 0) is 48.9 Å². The van der Waals surface area contributed by atoms with E-state index in [2.05, 4.69) is 5.32 Å². The molecule has 0 heterocycles. The first-order chi connectivity index (χ1) is 15.5. The van der Waals surface area contributed by atoms with E-state index in [-0.39, 0.29) is 49.7 Å². The van der Waals surface area contributed by atoms with Gasteiger partial charge in [0.2, 0.25) is 15.9 Å². The Hall–Kier alpha value is -3.16. The molecule has 0 bridgehead atoms. The summed E-state index contributed by atoms with van der Waals surface area (Å²) in [5.41, 5.74) is 0.905. The molecule has 0 radical (unpaired) electrons. The third-order valence-corrected chi connectivity index (χ3v) is 5.93. The number of ether oxygens (including phenoxy) is 1. The fourth-order valence-corrected chi connectivity index (χ4v) is 3.96. The number of nitrogens with one attached hydrogen (secondary N) is 1. The predicted molar refractivity (Wildman–Crippen MR) is 123 cm³/mol. The van der Waals surface area contributed by atoms with Crippen LogP contribution in [0.15, 0.2) is 53.4 Å². The Morgan fingerprint density at radius 3 is 2.55 bits per heavy atom. The molecule has 0 aliphatic carbocycles. The Labute approximate surface area is 199 Å². The zero-order chi connectivity index (χ0) is 24.3. The number of carbonyl (C=O) groups is 1. The minimum Gasteiger partial charge on any atom is -0.454 e. The number of halogens is 3. The molecular formula is C22H16Cl2FN3O4S. The van der Waals surface area contributed by atoms with Crippen molar-refractivity contribution >= 4 is 44.8 Å². The molecule has 0 fully saturated rings. The molecule has 7 nitrogen and oxygen atoms in total. The van der Waals surface area contributed by atoms with Crippen LogP contribution in [-0.2, 0) is 21.2 Å². The second-order valence-electron chi connectivity index (χ2n) is 6.99. The Kier molecular flexibility index (Phi) is 7.25. The molecule has 170 valence electrons. The van der Waals surface area contributed by atoms with E-state index < -0.39 is 21.7 Å². The van der Waals surface area contributed by atoms with Gasteiger partial charge in [-0.15, -0.1) is 0 Å². The zero-order valence-electron chi connectivity index (χ0n) is 17.0. The maximum atomic E-state index is 15.2. The molecule has 0 spiro atoms. The maximum absolute atomic E-state index is 15.2. The van der Waals surface area contributed by atoms with Crippen LogP contribution >= 0.6 is 23.2 Å². The largest absolute Gasteiger partial charge is 0.454 e. The van der Waals surface area contributed by atoms with Gasteiger partial charge in [-0.25, -0.2) is 17.9 Å². The summed E-state index contributed by atoms with van der Waals surface area (Å²) in [6.45, 7) is 1.63. The van der Waals surface area contributed by atoms with E-state index >= 15 is 4.39 Å². The number of benzene rings is 3. The van der Waals surface area contributed by atoms with E-state index in [0.717, 1.165) is 6.07 Å². The average molecular weight is 508 g/mol. The molecule has 33 heavy (non-hydrogen) atoms. The lowest BCUT2D eigenvalue weighted by Gasteiger charge is -2.14. The minimum atomic E-state index is -3.95. The highest BCUT2D eigenvalue weighted by molar-refractivity contribution is 7.89. The first-order valence-corrected chi connectivity index (χ1v) is 11.6. The molecule has 3 N–H and O–H groups in total. The third kappa shape index (κ3) is 6.00. The lowest BCUT2D eigenvalue weighted by atomic mass is 10.1. The summed E-state index contributed by atoms with van der Waals surface area (Å²) >= 11 is 12.0. The number of nitrogens with zero attached hydrogens (tertiary/aromatic N) is 1. The average Bonchev–Trinajstić information content (AvgIpc) is 2.73. The number of anilines is 1. The van der Waals surface area contributed by atoms with E-state index in [1.54, 1.807) is 13.0 Å². The highest BCUT2D eigenvalue weighted by atomic mass is 35.5. The van der Waals surface area contributed by atoms with Crippen molar-refractivity contribution < 1.29 is 22.3 Å². The molecule has 11 heteroatoms. The van der Waals surface area contributed by atoms with Crippen molar-refractivity contribution in [1.82, 2.24) is 0 Å². The quantitative estimate of drug-likeness (QED) is 0.489. The highest BCUT2D eigenvalue weighted by Gasteiger charge is 2.18. The van der Waals surface area contributed by atoms with E-state index in [1.165, 1.54) is 36.4 Å². The normalized spacial score (nSPS) is 11.0. The smallest absolute Gasteiger partial charge is 0.238 e. The number of primary sulfonamides is 1. The van der Waals surface area contributed by atoms with Crippen LogP contribution in [0.25, 0.3) is 0 Å². The van der Waals surface area contributed by atoms with Crippen molar-refractivity contribution in [1.29, 1.82) is 5.26 Å². The van der Waals surface area contributed by atoms with Crippen molar-refractivity contribution in [3.8, 4) is 17.6 Å². The summed E-state index contributed by atoms with van der Waals surface area (Å²) < 4.78 is 43.6. The van der Waals surface area contributed by atoms with Gasteiger partial charge in [0.05, 0.1) is 33.7 Å². The lowest BCUT2D eigenvalue weighted by molar-refractivity contribution is -0.115. The third-order valence-electron chi connectivity index (χ3n) is 4.49. The van der Waals surface area contributed by atoms with Crippen LogP contribution in [-0.4, -0.2) is 14.3 Å². The number of rotatable bonds is 6. The molecule has 3 aromatic rings. The number of nitriles is 1. The van der Waals surface area contributed by atoms with Gasteiger partial charge in [0, 0.05) is 10.6 Å². The second-order valence-corrected chi connectivity index (χ2v) is 9.39. The van der Waals surface area contributed by atoms with E-state index in [1.807, 2.05) is 6.07 Å². The monoisotopic (exact) mass is 507 g/mol. The number of sulfonamides is 1. The second kappa shape index (κ2) is 9.77. The van der Waals surface area contributed by atoms with Crippen LogP contribution in [0.1, 0.15) is 16.7 Å². The maximum Gasteiger partial charge on any atom is 0.238 e. The van der Waals surface area contributed by atoms with Crippen molar-refractivity contribution in [3.05, 3.63) is 81.1 Å². The molecule has 0 aliphatic heterocycles. The van der Waals surface area contributed by atoms with Gasteiger partial charge in [0.1, 0.15) is 5.75 Å².